The molecule has 0 bridgehead atoms. The lowest BCUT2D eigenvalue weighted by atomic mass is 9.95. The number of halogens is 3. The van der Waals surface area contributed by atoms with Crippen LogP contribution in [0.2, 0.25) is 0 Å². The third-order valence-electron chi connectivity index (χ3n) is 3.58. The van der Waals surface area contributed by atoms with Crippen molar-refractivity contribution >= 4 is 5.95 Å². The fourth-order valence-corrected chi connectivity index (χ4v) is 2.56. The van der Waals surface area contributed by atoms with Crippen molar-refractivity contribution in [3.8, 4) is 0 Å². The van der Waals surface area contributed by atoms with Crippen LogP contribution >= 0.6 is 0 Å². The zero-order valence-corrected chi connectivity index (χ0v) is 11.1. The SMILES string of the molecule is FC(F)(F)c1cc([C@@H]2CCCN(c3ncccn3)C2)[nH]n1. The van der Waals surface area contributed by atoms with Gasteiger partial charge in [0, 0.05) is 37.1 Å². The van der Waals surface area contributed by atoms with E-state index >= 15 is 0 Å². The third kappa shape index (κ3) is 2.98. The summed E-state index contributed by atoms with van der Waals surface area (Å²) in [6.45, 7) is 1.39. The molecular weight excluding hydrogens is 283 g/mol. The van der Waals surface area contributed by atoms with E-state index in [1.807, 2.05) is 4.90 Å². The van der Waals surface area contributed by atoms with E-state index in [9.17, 15) is 13.2 Å². The van der Waals surface area contributed by atoms with Gasteiger partial charge in [0.2, 0.25) is 5.95 Å². The topological polar surface area (TPSA) is 57.7 Å². The van der Waals surface area contributed by atoms with Gasteiger partial charge in [-0.1, -0.05) is 0 Å². The van der Waals surface area contributed by atoms with E-state index in [4.69, 9.17) is 0 Å². The van der Waals surface area contributed by atoms with Crippen molar-refractivity contribution in [3.63, 3.8) is 0 Å². The van der Waals surface area contributed by atoms with E-state index < -0.39 is 11.9 Å². The fraction of sp³-hybridized carbons (Fsp3) is 0.462. The molecule has 1 N–H and O–H groups in total. The van der Waals surface area contributed by atoms with Crippen LogP contribution in [0.4, 0.5) is 19.1 Å². The lowest BCUT2D eigenvalue weighted by Crippen LogP contribution is -2.35. The highest BCUT2D eigenvalue weighted by Crippen LogP contribution is 2.32. The molecule has 1 atom stereocenters. The quantitative estimate of drug-likeness (QED) is 0.925. The van der Waals surface area contributed by atoms with E-state index in [1.54, 1.807) is 18.5 Å². The summed E-state index contributed by atoms with van der Waals surface area (Å²) in [5.41, 5.74) is -0.353. The normalized spacial score (nSPS) is 19.8. The highest BCUT2D eigenvalue weighted by molar-refractivity contribution is 5.31. The smallest absolute Gasteiger partial charge is 0.340 e. The molecule has 3 heterocycles. The molecule has 2 aromatic rings. The Hall–Kier alpha value is -2.12. The van der Waals surface area contributed by atoms with Gasteiger partial charge in [0.05, 0.1) is 0 Å². The Balaban J connectivity index is 1.76. The molecule has 0 unspecified atom stereocenters. The summed E-state index contributed by atoms with van der Waals surface area (Å²) in [5.74, 6) is 0.587. The Bertz CT molecular complexity index is 595. The minimum Gasteiger partial charge on any atom is -0.340 e. The van der Waals surface area contributed by atoms with Crippen LogP contribution in [-0.2, 0) is 6.18 Å². The van der Waals surface area contributed by atoms with Crippen molar-refractivity contribution in [2.45, 2.75) is 24.9 Å². The van der Waals surface area contributed by atoms with Gasteiger partial charge in [-0.25, -0.2) is 9.97 Å². The minimum atomic E-state index is -4.41. The minimum absolute atomic E-state index is 0.0221. The number of hydrogen-bond donors (Lipinski definition) is 1. The molecule has 1 saturated heterocycles. The van der Waals surface area contributed by atoms with Crippen LogP contribution in [0.15, 0.2) is 24.5 Å². The Labute approximate surface area is 119 Å². The molecule has 0 spiro atoms. The number of aromatic amines is 1. The number of rotatable bonds is 2. The Morgan fingerprint density at radius 2 is 2.00 bits per heavy atom. The lowest BCUT2D eigenvalue weighted by molar-refractivity contribution is -0.141. The Morgan fingerprint density at radius 3 is 2.67 bits per heavy atom. The second-order valence-corrected chi connectivity index (χ2v) is 5.04. The van der Waals surface area contributed by atoms with Crippen molar-refractivity contribution in [3.05, 3.63) is 35.9 Å². The van der Waals surface area contributed by atoms with Crippen molar-refractivity contribution in [1.29, 1.82) is 0 Å². The van der Waals surface area contributed by atoms with Crippen LogP contribution in [0, 0.1) is 0 Å². The number of H-pyrrole nitrogens is 1. The number of aromatic nitrogens is 4. The molecule has 0 amide bonds. The van der Waals surface area contributed by atoms with E-state index in [1.165, 1.54) is 0 Å². The number of piperidine rings is 1. The number of hydrogen-bond acceptors (Lipinski definition) is 4. The molecular formula is C13H14F3N5. The maximum Gasteiger partial charge on any atom is 0.435 e. The second kappa shape index (κ2) is 5.34. The van der Waals surface area contributed by atoms with Crippen LogP contribution in [0.3, 0.4) is 0 Å². The second-order valence-electron chi connectivity index (χ2n) is 5.04. The first-order valence-electron chi connectivity index (χ1n) is 6.68. The summed E-state index contributed by atoms with van der Waals surface area (Å²) < 4.78 is 37.8. The Morgan fingerprint density at radius 1 is 1.24 bits per heavy atom. The van der Waals surface area contributed by atoms with Gasteiger partial charge in [0.1, 0.15) is 0 Å². The van der Waals surface area contributed by atoms with Crippen molar-refractivity contribution < 1.29 is 13.2 Å². The summed E-state index contributed by atoms with van der Waals surface area (Å²) in [7, 11) is 0. The molecule has 2 aromatic heterocycles. The van der Waals surface area contributed by atoms with Gasteiger partial charge in [0.15, 0.2) is 5.69 Å². The molecule has 5 nitrogen and oxygen atoms in total. The van der Waals surface area contributed by atoms with Crippen LogP contribution in [-0.4, -0.2) is 33.3 Å². The average Bonchev–Trinajstić information content (AvgIpc) is 2.98. The highest BCUT2D eigenvalue weighted by Gasteiger charge is 2.35. The largest absolute Gasteiger partial charge is 0.435 e. The summed E-state index contributed by atoms with van der Waals surface area (Å²) in [6, 6.07) is 2.83. The first-order valence-corrected chi connectivity index (χ1v) is 6.68. The fourth-order valence-electron chi connectivity index (χ4n) is 2.56. The van der Waals surface area contributed by atoms with Gasteiger partial charge >= 0.3 is 6.18 Å². The molecule has 1 fully saturated rings. The lowest BCUT2D eigenvalue weighted by Gasteiger charge is -2.32. The molecule has 0 aromatic carbocycles. The molecule has 1 aliphatic heterocycles. The van der Waals surface area contributed by atoms with Crippen LogP contribution in [0.5, 0.6) is 0 Å². The maximum absolute atomic E-state index is 12.6. The molecule has 112 valence electrons. The van der Waals surface area contributed by atoms with Crippen molar-refractivity contribution in [2.75, 3.05) is 18.0 Å². The summed E-state index contributed by atoms with van der Waals surface area (Å²) in [5, 5.41) is 5.88. The van der Waals surface area contributed by atoms with Gasteiger partial charge < -0.3 is 4.90 Å². The predicted molar refractivity (Wildman–Crippen MR) is 69.8 cm³/mol. The zero-order chi connectivity index (χ0) is 14.9. The van der Waals surface area contributed by atoms with Gasteiger partial charge in [-0.05, 0) is 25.0 Å². The number of nitrogens with zero attached hydrogens (tertiary/aromatic N) is 4. The monoisotopic (exact) mass is 297 g/mol. The first-order chi connectivity index (χ1) is 10.0. The zero-order valence-electron chi connectivity index (χ0n) is 11.1. The average molecular weight is 297 g/mol. The molecule has 0 saturated carbocycles. The molecule has 21 heavy (non-hydrogen) atoms. The summed E-state index contributed by atoms with van der Waals surface area (Å²) >= 11 is 0. The maximum atomic E-state index is 12.6. The third-order valence-corrected chi connectivity index (χ3v) is 3.58. The van der Waals surface area contributed by atoms with Gasteiger partial charge in [0.25, 0.3) is 0 Å². The molecule has 3 rings (SSSR count). The number of alkyl halides is 3. The molecule has 8 heteroatoms. The Kier molecular flexibility index (Phi) is 3.52. The van der Waals surface area contributed by atoms with Crippen molar-refractivity contribution in [1.82, 2.24) is 20.2 Å². The van der Waals surface area contributed by atoms with Crippen LogP contribution < -0.4 is 4.90 Å². The molecule has 1 aliphatic rings. The van der Waals surface area contributed by atoms with Gasteiger partial charge in [-0.15, -0.1) is 0 Å². The molecule has 0 radical (unpaired) electrons. The van der Waals surface area contributed by atoms with Gasteiger partial charge in [-0.2, -0.15) is 18.3 Å². The van der Waals surface area contributed by atoms with E-state index in [0.29, 0.717) is 18.2 Å². The van der Waals surface area contributed by atoms with Crippen molar-refractivity contribution in [2.24, 2.45) is 0 Å². The van der Waals surface area contributed by atoms with E-state index in [-0.39, 0.29) is 5.92 Å². The number of nitrogens with one attached hydrogen (secondary N) is 1. The highest BCUT2D eigenvalue weighted by atomic mass is 19.4. The first kappa shape index (κ1) is 13.8. The van der Waals surface area contributed by atoms with Crippen LogP contribution in [0.25, 0.3) is 0 Å². The van der Waals surface area contributed by atoms with Crippen LogP contribution in [0.1, 0.15) is 30.1 Å². The standard InChI is InChI=1S/C13H14F3N5/c14-13(15,16)11-7-10(19-20-11)9-3-1-6-21(8-9)12-17-4-2-5-18-12/h2,4-5,7,9H,1,3,6,8H2,(H,19,20)/t9-/m1/s1. The van der Waals surface area contributed by atoms with Gasteiger partial charge in [-0.3, -0.25) is 5.10 Å². The summed E-state index contributed by atoms with van der Waals surface area (Å²) in [4.78, 5) is 10.4. The predicted octanol–water partition coefficient (Wildman–Crippen LogP) is 2.60. The molecule has 0 aliphatic carbocycles. The van der Waals surface area contributed by atoms with E-state index in [2.05, 4.69) is 20.2 Å². The summed E-state index contributed by atoms with van der Waals surface area (Å²) in [6.07, 6.45) is 0.603. The number of anilines is 1. The van der Waals surface area contributed by atoms with E-state index in [0.717, 1.165) is 25.5 Å².